The Labute approximate surface area is 120 Å². The highest BCUT2D eigenvalue weighted by molar-refractivity contribution is 5.84. The first-order chi connectivity index (χ1) is 9.33. The lowest BCUT2D eigenvalue weighted by atomic mass is 9.88. The van der Waals surface area contributed by atoms with Crippen molar-refractivity contribution >= 4 is 11.7 Å². The monoisotopic (exact) mass is 285 g/mol. The van der Waals surface area contributed by atoms with Crippen molar-refractivity contribution in [3.05, 3.63) is 0 Å². The second-order valence-corrected chi connectivity index (χ2v) is 5.73. The lowest BCUT2D eigenvalue weighted by Gasteiger charge is -2.29. The van der Waals surface area contributed by atoms with Crippen LogP contribution in [0.3, 0.4) is 0 Å². The summed E-state index contributed by atoms with van der Waals surface area (Å²) in [5, 5.41) is 11.7. The Balaban J connectivity index is 2.77. The van der Waals surface area contributed by atoms with Crippen LogP contribution in [-0.4, -0.2) is 47.1 Å². The van der Waals surface area contributed by atoms with Gasteiger partial charge in [0.05, 0.1) is 18.1 Å². The zero-order chi connectivity index (χ0) is 15.4. The summed E-state index contributed by atoms with van der Waals surface area (Å²) in [5.74, 6) is 0.146. The molecule has 1 saturated heterocycles. The summed E-state index contributed by atoms with van der Waals surface area (Å²) < 4.78 is 5.74. The fraction of sp³-hybridized carbons (Fsp3) is 0.857. The summed E-state index contributed by atoms with van der Waals surface area (Å²) in [6.45, 7) is 10.8. The van der Waals surface area contributed by atoms with E-state index in [1.807, 2.05) is 27.7 Å². The zero-order valence-electron chi connectivity index (χ0n) is 13.0. The van der Waals surface area contributed by atoms with Gasteiger partial charge in [0.2, 0.25) is 5.91 Å². The zero-order valence-corrected chi connectivity index (χ0v) is 13.0. The molecule has 0 aliphatic carbocycles. The van der Waals surface area contributed by atoms with Crippen LogP contribution >= 0.6 is 0 Å². The first-order valence-electron chi connectivity index (χ1n) is 7.25. The molecule has 0 spiro atoms. The molecule has 20 heavy (non-hydrogen) atoms. The maximum Gasteiger partial charge on any atom is 0.228 e. The van der Waals surface area contributed by atoms with Gasteiger partial charge in [-0.25, -0.2) is 0 Å². The van der Waals surface area contributed by atoms with E-state index in [4.69, 9.17) is 15.7 Å². The van der Waals surface area contributed by atoms with Crippen molar-refractivity contribution in [1.82, 2.24) is 4.90 Å². The van der Waals surface area contributed by atoms with Gasteiger partial charge < -0.3 is 20.6 Å². The van der Waals surface area contributed by atoms with E-state index in [-0.39, 0.29) is 41.7 Å². The van der Waals surface area contributed by atoms with Gasteiger partial charge in [-0.1, -0.05) is 19.0 Å². The van der Waals surface area contributed by atoms with E-state index >= 15 is 0 Å². The highest BCUT2D eigenvalue weighted by Crippen LogP contribution is 2.33. The summed E-state index contributed by atoms with van der Waals surface area (Å²) in [4.78, 5) is 14.5. The summed E-state index contributed by atoms with van der Waals surface area (Å²) in [6, 6.07) is 0. The molecule has 0 radical (unpaired) electrons. The van der Waals surface area contributed by atoms with Gasteiger partial charge in [0.25, 0.3) is 0 Å². The third-order valence-electron chi connectivity index (χ3n) is 4.34. The fourth-order valence-corrected chi connectivity index (χ4v) is 2.80. The summed E-state index contributed by atoms with van der Waals surface area (Å²) in [7, 11) is 0. The van der Waals surface area contributed by atoms with Gasteiger partial charge in [0.15, 0.2) is 0 Å². The van der Waals surface area contributed by atoms with Crippen molar-refractivity contribution in [2.75, 3.05) is 13.1 Å². The summed E-state index contributed by atoms with van der Waals surface area (Å²) >= 11 is 0. The number of hydrogen-bond acceptors (Lipinski definition) is 4. The topological polar surface area (TPSA) is 88.1 Å². The largest absolute Gasteiger partial charge is 0.409 e. The lowest BCUT2D eigenvalue weighted by molar-refractivity contribution is -0.138. The molecule has 5 unspecified atom stereocenters. The molecule has 6 heteroatoms. The molecule has 1 aliphatic heterocycles. The Morgan fingerprint density at radius 1 is 1.40 bits per heavy atom. The molecule has 0 bridgehead atoms. The van der Waals surface area contributed by atoms with Crippen LogP contribution in [0.2, 0.25) is 0 Å². The summed E-state index contributed by atoms with van der Waals surface area (Å²) in [6.07, 6.45) is 0.0277. The van der Waals surface area contributed by atoms with E-state index in [1.165, 1.54) is 0 Å². The molecule has 1 heterocycles. The van der Waals surface area contributed by atoms with Crippen LogP contribution in [0.5, 0.6) is 0 Å². The number of amides is 1. The molecule has 6 nitrogen and oxygen atoms in total. The number of oxime groups is 1. The van der Waals surface area contributed by atoms with Crippen molar-refractivity contribution in [1.29, 1.82) is 0 Å². The fourth-order valence-electron chi connectivity index (χ4n) is 2.80. The molecule has 0 aromatic rings. The summed E-state index contributed by atoms with van der Waals surface area (Å²) in [5.41, 5.74) is 5.59. The van der Waals surface area contributed by atoms with Crippen molar-refractivity contribution in [3.8, 4) is 0 Å². The lowest BCUT2D eigenvalue weighted by Crippen LogP contribution is -2.44. The third-order valence-corrected chi connectivity index (χ3v) is 4.34. The Morgan fingerprint density at radius 3 is 2.40 bits per heavy atom. The van der Waals surface area contributed by atoms with Crippen molar-refractivity contribution in [2.45, 2.75) is 46.8 Å². The first-order valence-corrected chi connectivity index (χ1v) is 7.25. The highest BCUT2D eigenvalue weighted by atomic mass is 16.5. The number of nitrogens with two attached hydrogens (primary N) is 1. The number of carbonyl (C=O) groups is 1. The number of hydrogen-bond donors (Lipinski definition) is 2. The van der Waals surface area contributed by atoms with E-state index in [0.29, 0.717) is 13.1 Å². The van der Waals surface area contributed by atoms with Crippen LogP contribution in [0.15, 0.2) is 5.16 Å². The van der Waals surface area contributed by atoms with Crippen LogP contribution in [-0.2, 0) is 9.53 Å². The van der Waals surface area contributed by atoms with Crippen LogP contribution in [0.4, 0.5) is 0 Å². The van der Waals surface area contributed by atoms with Crippen molar-refractivity contribution in [3.63, 3.8) is 0 Å². The highest BCUT2D eigenvalue weighted by Gasteiger charge is 2.43. The average molecular weight is 285 g/mol. The molecular formula is C14H27N3O3. The molecule has 0 aromatic carbocycles. The molecule has 1 fully saturated rings. The van der Waals surface area contributed by atoms with Gasteiger partial charge in [-0.2, -0.15) is 0 Å². The molecule has 5 atom stereocenters. The van der Waals surface area contributed by atoms with E-state index < -0.39 is 0 Å². The molecule has 3 N–H and O–H groups in total. The van der Waals surface area contributed by atoms with Gasteiger partial charge in [0, 0.05) is 19.0 Å². The number of amidine groups is 1. The molecule has 1 amide bonds. The SMILES string of the molecule is CCN(CC(C)C(N)=NO)C(=O)C1C(C)OC(C)C1C. The minimum absolute atomic E-state index is 0.0688. The van der Waals surface area contributed by atoms with Gasteiger partial charge in [-0.05, 0) is 26.7 Å². The second kappa shape index (κ2) is 6.92. The number of rotatable bonds is 5. The van der Waals surface area contributed by atoms with E-state index in [1.54, 1.807) is 4.90 Å². The third kappa shape index (κ3) is 3.42. The van der Waals surface area contributed by atoms with E-state index in [2.05, 4.69) is 12.1 Å². The number of ether oxygens (including phenoxy) is 1. The van der Waals surface area contributed by atoms with Gasteiger partial charge in [-0.3, -0.25) is 4.79 Å². The van der Waals surface area contributed by atoms with Crippen LogP contribution in [0, 0.1) is 17.8 Å². The number of carbonyl (C=O) groups excluding carboxylic acids is 1. The number of nitrogens with zero attached hydrogens (tertiary/aromatic N) is 2. The minimum Gasteiger partial charge on any atom is -0.409 e. The van der Waals surface area contributed by atoms with E-state index in [0.717, 1.165) is 0 Å². The maximum absolute atomic E-state index is 12.7. The predicted molar refractivity (Wildman–Crippen MR) is 77.5 cm³/mol. The Bertz CT molecular complexity index is 373. The van der Waals surface area contributed by atoms with E-state index in [9.17, 15) is 4.79 Å². The quantitative estimate of drug-likeness (QED) is 0.345. The Kier molecular flexibility index (Phi) is 5.80. The van der Waals surface area contributed by atoms with Gasteiger partial charge in [-0.15, -0.1) is 0 Å². The minimum atomic E-state index is -0.172. The standard InChI is InChI=1S/C14H27N3O3/c1-6-17(7-8(2)13(15)16-19)14(18)12-9(3)10(4)20-11(12)5/h8-12,19H,6-7H2,1-5H3,(H2,15,16). The first kappa shape index (κ1) is 16.8. The molecule has 1 aliphatic rings. The predicted octanol–water partition coefficient (Wildman–Crippen LogP) is 1.28. The average Bonchev–Trinajstić information content (AvgIpc) is 2.67. The molecule has 0 saturated carbocycles. The Hall–Kier alpha value is -1.30. The smallest absolute Gasteiger partial charge is 0.228 e. The van der Waals surface area contributed by atoms with Gasteiger partial charge >= 0.3 is 0 Å². The second-order valence-electron chi connectivity index (χ2n) is 5.73. The molecule has 0 aromatic heterocycles. The van der Waals surface area contributed by atoms with Crippen LogP contribution < -0.4 is 5.73 Å². The normalized spacial score (nSPS) is 32.1. The Morgan fingerprint density at radius 2 is 2.00 bits per heavy atom. The molecule has 116 valence electrons. The maximum atomic E-state index is 12.7. The molecular weight excluding hydrogens is 258 g/mol. The van der Waals surface area contributed by atoms with Crippen LogP contribution in [0.1, 0.15) is 34.6 Å². The van der Waals surface area contributed by atoms with Crippen molar-refractivity contribution in [2.24, 2.45) is 28.6 Å². The van der Waals surface area contributed by atoms with Crippen molar-refractivity contribution < 1.29 is 14.7 Å². The molecule has 1 rings (SSSR count). The van der Waals surface area contributed by atoms with Crippen LogP contribution in [0.25, 0.3) is 0 Å². The van der Waals surface area contributed by atoms with Gasteiger partial charge in [0.1, 0.15) is 5.84 Å².